The molecule has 0 saturated carbocycles. The van der Waals surface area contributed by atoms with Crippen LogP contribution in [0.15, 0.2) is 17.8 Å². The van der Waals surface area contributed by atoms with Crippen LogP contribution in [-0.2, 0) is 4.79 Å². The first-order valence-corrected chi connectivity index (χ1v) is 4.04. The Hall–Kier alpha value is -2.53. The van der Waals surface area contributed by atoms with Gasteiger partial charge in [0.25, 0.3) is 0 Å². The van der Waals surface area contributed by atoms with Crippen LogP contribution in [0.25, 0.3) is 6.08 Å². The van der Waals surface area contributed by atoms with Crippen molar-refractivity contribution in [3.05, 3.63) is 23.5 Å². The average molecular weight is 201 g/mol. The van der Waals surface area contributed by atoms with Crippen molar-refractivity contribution in [3.63, 3.8) is 0 Å². The molecule has 0 atom stereocenters. The maximum Gasteiger partial charge on any atom is 0.308 e. The third-order valence-corrected chi connectivity index (χ3v) is 1.48. The van der Waals surface area contributed by atoms with Gasteiger partial charge in [0.15, 0.2) is 0 Å². The minimum Gasteiger partial charge on any atom is -0.425 e. The number of carbonyl (C=O) groups excluding carboxylic acids is 1. The van der Waals surface area contributed by atoms with Crippen LogP contribution in [-0.4, -0.2) is 11.0 Å². The van der Waals surface area contributed by atoms with Crippen LogP contribution < -0.4 is 4.74 Å². The van der Waals surface area contributed by atoms with Gasteiger partial charge in [-0.2, -0.15) is 10.5 Å². The summed E-state index contributed by atoms with van der Waals surface area (Å²) in [7, 11) is 0. The van der Waals surface area contributed by atoms with Crippen molar-refractivity contribution >= 4 is 12.0 Å². The second-order valence-corrected chi connectivity index (χ2v) is 2.67. The number of rotatable bonds is 2. The number of ether oxygens (including phenoxy) is 1. The predicted molar refractivity (Wildman–Crippen MR) is 51.3 cm³/mol. The van der Waals surface area contributed by atoms with Gasteiger partial charge in [-0.25, -0.2) is 0 Å². The Balaban J connectivity index is 2.87. The number of H-pyrrole nitrogens is 1. The van der Waals surface area contributed by atoms with Crippen molar-refractivity contribution in [2.24, 2.45) is 0 Å². The Kier molecular flexibility index (Phi) is 3.26. The molecule has 1 aromatic heterocycles. The number of nitrogens with one attached hydrogen (secondary N) is 1. The van der Waals surface area contributed by atoms with Crippen molar-refractivity contribution < 1.29 is 9.53 Å². The lowest BCUT2D eigenvalue weighted by Crippen LogP contribution is -1.99. The summed E-state index contributed by atoms with van der Waals surface area (Å²) in [5.74, 6) is -0.0747. The van der Waals surface area contributed by atoms with E-state index in [0.717, 1.165) is 0 Å². The molecule has 0 aliphatic carbocycles. The molecular weight excluding hydrogens is 194 g/mol. The van der Waals surface area contributed by atoms with Gasteiger partial charge >= 0.3 is 5.97 Å². The molecule has 74 valence electrons. The quantitative estimate of drug-likeness (QED) is 0.578. The van der Waals surface area contributed by atoms with Crippen molar-refractivity contribution in [1.82, 2.24) is 4.98 Å². The fraction of sp³-hybridized carbons (Fsp3) is 0.100. The predicted octanol–water partition coefficient (Wildman–Crippen LogP) is 1.37. The van der Waals surface area contributed by atoms with Crippen LogP contribution in [0, 0.1) is 22.7 Å². The summed E-state index contributed by atoms with van der Waals surface area (Å²) in [4.78, 5) is 13.4. The lowest BCUT2D eigenvalue weighted by Gasteiger charge is -1.92. The summed E-state index contributed by atoms with van der Waals surface area (Å²) in [5.41, 5.74) is 0.510. The van der Waals surface area contributed by atoms with Gasteiger partial charge < -0.3 is 9.72 Å². The van der Waals surface area contributed by atoms with E-state index in [-0.39, 0.29) is 5.57 Å². The summed E-state index contributed by atoms with van der Waals surface area (Å²) in [6.07, 6.45) is 2.84. The van der Waals surface area contributed by atoms with Gasteiger partial charge in [0, 0.05) is 24.9 Å². The number of nitriles is 2. The molecule has 15 heavy (non-hydrogen) atoms. The van der Waals surface area contributed by atoms with E-state index < -0.39 is 5.97 Å². The summed E-state index contributed by atoms with van der Waals surface area (Å²) >= 11 is 0. The Labute approximate surface area is 86.2 Å². The molecule has 0 amide bonds. The Morgan fingerprint density at radius 2 is 2.20 bits per heavy atom. The highest BCUT2D eigenvalue weighted by molar-refractivity contribution is 5.70. The summed E-state index contributed by atoms with van der Waals surface area (Å²) in [5, 5.41) is 17.0. The minimum atomic E-state index is -0.426. The van der Waals surface area contributed by atoms with Crippen LogP contribution in [0.4, 0.5) is 0 Å². The molecule has 0 unspecified atom stereocenters. The SMILES string of the molecule is CC(=O)Oc1c[nH]c(C=C(C#N)C#N)c1. The van der Waals surface area contributed by atoms with E-state index in [9.17, 15) is 4.79 Å². The molecule has 0 fully saturated rings. The van der Waals surface area contributed by atoms with E-state index in [1.165, 1.54) is 25.3 Å². The Bertz CT molecular complexity index is 470. The van der Waals surface area contributed by atoms with Crippen molar-refractivity contribution in [1.29, 1.82) is 10.5 Å². The highest BCUT2D eigenvalue weighted by Gasteiger charge is 2.01. The third-order valence-electron chi connectivity index (χ3n) is 1.48. The molecule has 0 bridgehead atoms. The monoisotopic (exact) mass is 201 g/mol. The van der Waals surface area contributed by atoms with Gasteiger partial charge in [-0.05, 0) is 6.08 Å². The summed E-state index contributed by atoms with van der Waals surface area (Å²) in [6, 6.07) is 4.97. The van der Waals surface area contributed by atoms with Gasteiger partial charge in [-0.1, -0.05) is 0 Å². The van der Waals surface area contributed by atoms with E-state index in [4.69, 9.17) is 15.3 Å². The number of carbonyl (C=O) groups is 1. The standard InChI is InChI=1S/C10H7N3O2/c1-7(14)15-10-3-9(13-6-10)2-8(4-11)5-12/h2-3,6,13H,1H3. The van der Waals surface area contributed by atoms with Gasteiger partial charge in [0.05, 0.1) is 0 Å². The number of hydrogen-bond donors (Lipinski definition) is 1. The Morgan fingerprint density at radius 3 is 2.73 bits per heavy atom. The summed E-state index contributed by atoms with van der Waals surface area (Å²) in [6.45, 7) is 1.29. The fourth-order valence-corrected chi connectivity index (χ4v) is 0.944. The molecule has 1 N–H and O–H groups in total. The fourth-order valence-electron chi connectivity index (χ4n) is 0.944. The number of allylic oxidation sites excluding steroid dienone is 1. The van der Waals surface area contributed by atoms with Crippen LogP contribution in [0.5, 0.6) is 5.75 Å². The van der Waals surface area contributed by atoms with E-state index in [1.54, 1.807) is 12.1 Å². The van der Waals surface area contributed by atoms with Crippen molar-refractivity contribution in [2.45, 2.75) is 6.92 Å². The molecule has 0 spiro atoms. The normalized spacial score (nSPS) is 8.47. The first kappa shape index (κ1) is 10.6. The second-order valence-electron chi connectivity index (χ2n) is 2.67. The van der Waals surface area contributed by atoms with Crippen LogP contribution in [0.1, 0.15) is 12.6 Å². The van der Waals surface area contributed by atoms with E-state index in [1.807, 2.05) is 0 Å². The Morgan fingerprint density at radius 1 is 1.53 bits per heavy atom. The number of hydrogen-bond acceptors (Lipinski definition) is 4. The number of esters is 1. The lowest BCUT2D eigenvalue weighted by atomic mass is 10.2. The first-order valence-electron chi connectivity index (χ1n) is 4.04. The number of aromatic amines is 1. The third kappa shape index (κ3) is 3.02. The first-order chi connectivity index (χ1) is 7.15. The van der Waals surface area contributed by atoms with Crippen LogP contribution >= 0.6 is 0 Å². The molecule has 5 nitrogen and oxygen atoms in total. The highest BCUT2D eigenvalue weighted by atomic mass is 16.5. The highest BCUT2D eigenvalue weighted by Crippen LogP contribution is 2.14. The molecule has 0 aliphatic heterocycles. The van der Waals surface area contributed by atoms with Gasteiger partial charge in [-0.3, -0.25) is 4.79 Å². The molecule has 1 heterocycles. The number of aromatic nitrogens is 1. The number of nitrogens with zero attached hydrogens (tertiary/aromatic N) is 2. The van der Waals surface area contributed by atoms with E-state index >= 15 is 0 Å². The molecule has 0 aromatic carbocycles. The van der Waals surface area contributed by atoms with Crippen LogP contribution in [0.3, 0.4) is 0 Å². The molecule has 1 aromatic rings. The minimum absolute atomic E-state index is 0.0220. The molecular formula is C10H7N3O2. The largest absolute Gasteiger partial charge is 0.425 e. The van der Waals surface area contributed by atoms with Gasteiger partial charge in [-0.15, -0.1) is 0 Å². The van der Waals surface area contributed by atoms with Gasteiger partial charge in [0.2, 0.25) is 0 Å². The molecule has 0 aliphatic rings. The zero-order valence-corrected chi connectivity index (χ0v) is 7.94. The molecule has 1 rings (SSSR count). The van der Waals surface area contributed by atoms with E-state index in [2.05, 4.69) is 4.98 Å². The maximum absolute atomic E-state index is 10.6. The smallest absolute Gasteiger partial charge is 0.308 e. The average Bonchev–Trinajstić information content (AvgIpc) is 2.61. The van der Waals surface area contributed by atoms with E-state index in [0.29, 0.717) is 11.4 Å². The molecule has 0 saturated heterocycles. The zero-order chi connectivity index (χ0) is 11.3. The topological polar surface area (TPSA) is 89.7 Å². The maximum atomic E-state index is 10.6. The van der Waals surface area contributed by atoms with Crippen LogP contribution in [0.2, 0.25) is 0 Å². The van der Waals surface area contributed by atoms with Crippen molar-refractivity contribution in [3.8, 4) is 17.9 Å². The zero-order valence-electron chi connectivity index (χ0n) is 7.94. The molecule has 5 heteroatoms. The van der Waals surface area contributed by atoms with Gasteiger partial charge in [0.1, 0.15) is 23.5 Å². The second kappa shape index (κ2) is 4.64. The summed E-state index contributed by atoms with van der Waals surface area (Å²) < 4.78 is 4.78. The molecule has 0 radical (unpaired) electrons. The van der Waals surface area contributed by atoms with Crippen molar-refractivity contribution in [2.75, 3.05) is 0 Å². The lowest BCUT2D eigenvalue weighted by molar-refractivity contribution is -0.131.